The third kappa shape index (κ3) is 2.90. The first-order valence-electron chi connectivity index (χ1n) is 5.52. The van der Waals surface area contributed by atoms with Crippen molar-refractivity contribution in [3.05, 3.63) is 28.3 Å². The molecule has 0 heterocycles. The van der Waals surface area contributed by atoms with Crippen LogP contribution in [0.15, 0.2) is 6.07 Å². The quantitative estimate of drug-likeness (QED) is 0.624. The number of ether oxygens (including phenoxy) is 2. The van der Waals surface area contributed by atoms with E-state index in [0.29, 0.717) is 5.56 Å². The molecule has 0 amide bonds. The molecule has 0 aliphatic heterocycles. The van der Waals surface area contributed by atoms with Crippen molar-refractivity contribution < 1.29 is 33.4 Å². The van der Waals surface area contributed by atoms with Gasteiger partial charge in [0.1, 0.15) is 0 Å². The highest BCUT2D eigenvalue weighted by molar-refractivity contribution is 7.60. The lowest BCUT2D eigenvalue weighted by Gasteiger charge is -2.16. The van der Waals surface area contributed by atoms with E-state index in [1.54, 1.807) is 6.92 Å². The minimum absolute atomic E-state index is 0.00372. The molecule has 0 aliphatic rings. The van der Waals surface area contributed by atoms with Crippen molar-refractivity contribution in [2.24, 2.45) is 0 Å². The van der Waals surface area contributed by atoms with E-state index in [0.717, 1.165) is 20.3 Å². The summed E-state index contributed by atoms with van der Waals surface area (Å²) in [7, 11) is -2.49. The first-order valence-corrected chi connectivity index (χ1v) is 7.13. The Morgan fingerprint density at radius 2 is 1.55 bits per heavy atom. The standard InChI is InChI=1S/C12H15O7P/c1-6-7(2)10(12(14)19-4)9(20(15,16)17)5-8(6)11(13)18-3/h5H,1-4H3,(H2,15,16,17). The molecule has 0 aromatic heterocycles. The highest BCUT2D eigenvalue weighted by Gasteiger charge is 2.31. The minimum Gasteiger partial charge on any atom is -0.465 e. The molecule has 20 heavy (non-hydrogen) atoms. The van der Waals surface area contributed by atoms with Crippen molar-refractivity contribution in [2.45, 2.75) is 13.8 Å². The summed E-state index contributed by atoms with van der Waals surface area (Å²) in [5.41, 5.74) is 0.425. The largest absolute Gasteiger partial charge is 0.465 e. The maximum Gasteiger partial charge on any atom is 0.357 e. The number of carbonyl (C=O) groups is 2. The van der Waals surface area contributed by atoms with Crippen molar-refractivity contribution in [1.29, 1.82) is 0 Å². The highest BCUT2D eigenvalue weighted by Crippen LogP contribution is 2.37. The van der Waals surface area contributed by atoms with Crippen LogP contribution in [-0.2, 0) is 14.0 Å². The molecular weight excluding hydrogens is 287 g/mol. The SMILES string of the molecule is COC(=O)c1cc(P(=O)(O)O)c(C(=O)OC)c(C)c1C. The lowest BCUT2D eigenvalue weighted by atomic mass is 9.98. The predicted molar refractivity (Wildman–Crippen MR) is 70.3 cm³/mol. The molecule has 1 rings (SSSR count). The summed E-state index contributed by atoms with van der Waals surface area (Å²) in [4.78, 5) is 42.1. The van der Waals surface area contributed by atoms with Crippen molar-refractivity contribution in [2.75, 3.05) is 14.2 Å². The van der Waals surface area contributed by atoms with Gasteiger partial charge in [0.2, 0.25) is 0 Å². The Morgan fingerprint density at radius 1 is 1.05 bits per heavy atom. The third-order valence-electron chi connectivity index (χ3n) is 2.99. The third-order valence-corrected chi connectivity index (χ3v) is 3.97. The van der Waals surface area contributed by atoms with Crippen LogP contribution in [0.1, 0.15) is 31.8 Å². The highest BCUT2D eigenvalue weighted by atomic mass is 31.2. The molecule has 0 saturated carbocycles. The zero-order chi connectivity index (χ0) is 15.7. The van der Waals surface area contributed by atoms with Gasteiger partial charge < -0.3 is 19.3 Å². The van der Waals surface area contributed by atoms with Gasteiger partial charge in [-0.3, -0.25) is 4.57 Å². The summed E-state index contributed by atoms with van der Waals surface area (Å²) in [6.07, 6.45) is 0. The van der Waals surface area contributed by atoms with E-state index in [2.05, 4.69) is 9.47 Å². The Morgan fingerprint density at radius 3 is 1.95 bits per heavy atom. The van der Waals surface area contributed by atoms with Gasteiger partial charge in [-0.15, -0.1) is 0 Å². The van der Waals surface area contributed by atoms with Gasteiger partial charge in [0.25, 0.3) is 0 Å². The topological polar surface area (TPSA) is 110 Å². The molecule has 1 aromatic carbocycles. The molecule has 0 aliphatic carbocycles. The van der Waals surface area contributed by atoms with E-state index in [9.17, 15) is 23.9 Å². The van der Waals surface area contributed by atoms with Gasteiger partial charge in [-0.05, 0) is 31.0 Å². The summed E-state index contributed by atoms with van der Waals surface area (Å²) >= 11 is 0. The fraction of sp³-hybridized carbons (Fsp3) is 0.333. The fourth-order valence-corrected chi connectivity index (χ4v) is 2.66. The van der Waals surface area contributed by atoms with E-state index >= 15 is 0 Å². The van der Waals surface area contributed by atoms with E-state index in [4.69, 9.17) is 0 Å². The van der Waals surface area contributed by atoms with Crippen molar-refractivity contribution in [3.8, 4) is 0 Å². The first kappa shape index (κ1) is 16.4. The van der Waals surface area contributed by atoms with Gasteiger partial charge in [-0.1, -0.05) is 0 Å². The van der Waals surface area contributed by atoms with Gasteiger partial charge in [0, 0.05) is 0 Å². The lowest BCUT2D eigenvalue weighted by molar-refractivity contribution is 0.0586. The van der Waals surface area contributed by atoms with Crippen LogP contribution in [0.25, 0.3) is 0 Å². The van der Waals surface area contributed by atoms with Crippen molar-refractivity contribution in [3.63, 3.8) is 0 Å². The molecule has 0 radical (unpaired) electrons. The molecule has 7 nitrogen and oxygen atoms in total. The fourth-order valence-electron chi connectivity index (χ4n) is 1.81. The van der Waals surface area contributed by atoms with Gasteiger partial charge in [0.05, 0.1) is 30.7 Å². The van der Waals surface area contributed by atoms with Crippen LogP contribution in [0.4, 0.5) is 0 Å². The Bertz CT molecular complexity index is 615. The molecule has 0 bridgehead atoms. The van der Waals surface area contributed by atoms with Crippen LogP contribution in [0.5, 0.6) is 0 Å². The molecule has 0 saturated heterocycles. The monoisotopic (exact) mass is 302 g/mol. The Labute approximate surface area is 115 Å². The molecule has 2 N–H and O–H groups in total. The van der Waals surface area contributed by atoms with Crippen molar-refractivity contribution >= 4 is 24.8 Å². The normalized spacial score (nSPS) is 11.1. The number of rotatable bonds is 3. The second kappa shape index (κ2) is 5.75. The number of esters is 2. The van der Waals surface area contributed by atoms with Crippen molar-refractivity contribution in [1.82, 2.24) is 0 Å². The second-order valence-corrected chi connectivity index (χ2v) is 5.67. The zero-order valence-electron chi connectivity index (χ0n) is 11.5. The Balaban J connectivity index is 3.78. The van der Waals surface area contributed by atoms with E-state index in [1.165, 1.54) is 6.92 Å². The molecule has 0 fully saturated rings. The van der Waals surface area contributed by atoms with E-state index in [-0.39, 0.29) is 16.7 Å². The van der Waals surface area contributed by atoms with Crippen LogP contribution in [0, 0.1) is 13.8 Å². The summed E-state index contributed by atoms with van der Waals surface area (Å²) in [6, 6.07) is 0.973. The molecular formula is C12H15O7P. The molecule has 0 spiro atoms. The second-order valence-electron chi connectivity index (χ2n) is 4.10. The molecule has 1 aromatic rings. The number of methoxy groups -OCH3 is 2. The number of hydrogen-bond acceptors (Lipinski definition) is 5. The number of hydrogen-bond donors (Lipinski definition) is 2. The van der Waals surface area contributed by atoms with Gasteiger partial charge in [-0.2, -0.15) is 0 Å². The van der Waals surface area contributed by atoms with Crippen LogP contribution in [0.3, 0.4) is 0 Å². The predicted octanol–water partition coefficient (Wildman–Crippen LogP) is 0.680. The Hall–Kier alpha value is -1.69. The molecule has 110 valence electrons. The number of carbonyl (C=O) groups excluding carboxylic acids is 2. The number of benzene rings is 1. The molecule has 0 unspecified atom stereocenters. The van der Waals surface area contributed by atoms with E-state index in [1.807, 2.05) is 0 Å². The summed E-state index contributed by atoms with van der Waals surface area (Å²) in [5, 5.41) is -0.548. The van der Waals surface area contributed by atoms with Gasteiger partial charge in [0.15, 0.2) is 0 Å². The van der Waals surface area contributed by atoms with Crippen LogP contribution >= 0.6 is 7.60 Å². The molecule has 0 atom stereocenters. The van der Waals surface area contributed by atoms with Crippen LogP contribution < -0.4 is 5.30 Å². The summed E-state index contributed by atoms with van der Waals surface area (Å²) in [6.45, 7) is 3.03. The van der Waals surface area contributed by atoms with Crippen LogP contribution in [-0.4, -0.2) is 35.9 Å². The summed E-state index contributed by atoms with van der Waals surface area (Å²) < 4.78 is 20.6. The van der Waals surface area contributed by atoms with E-state index < -0.39 is 24.8 Å². The maximum atomic E-state index is 11.7. The summed E-state index contributed by atoms with van der Waals surface area (Å²) in [5.74, 6) is -1.61. The smallest absolute Gasteiger partial charge is 0.357 e. The minimum atomic E-state index is -4.76. The zero-order valence-corrected chi connectivity index (χ0v) is 12.4. The molecule has 8 heteroatoms. The van der Waals surface area contributed by atoms with Crippen LogP contribution in [0.2, 0.25) is 0 Å². The average molecular weight is 302 g/mol. The van der Waals surface area contributed by atoms with Gasteiger partial charge >= 0.3 is 19.5 Å². The first-order chi connectivity index (χ1) is 9.15. The maximum absolute atomic E-state index is 11.7. The average Bonchev–Trinajstić information content (AvgIpc) is 2.38. The lowest BCUT2D eigenvalue weighted by Crippen LogP contribution is -2.23. The Kier molecular flexibility index (Phi) is 4.70. The van der Waals surface area contributed by atoms with Gasteiger partial charge in [-0.25, -0.2) is 9.59 Å².